The SMILES string of the molecule is CCNC(C)(C#N)CCOc1cc(OC)ccc1[N+](=O)[O-]. The van der Waals surface area contributed by atoms with Gasteiger partial charge in [-0.3, -0.25) is 15.4 Å². The second kappa shape index (κ2) is 7.45. The smallest absolute Gasteiger partial charge is 0.311 e. The number of nitrogens with zero attached hydrogens (tertiary/aromatic N) is 2. The zero-order valence-electron chi connectivity index (χ0n) is 12.4. The van der Waals surface area contributed by atoms with Crippen molar-refractivity contribution < 1.29 is 14.4 Å². The molecule has 0 bridgehead atoms. The molecule has 0 saturated heterocycles. The molecule has 114 valence electrons. The fraction of sp³-hybridized carbons (Fsp3) is 0.500. The predicted molar refractivity (Wildman–Crippen MR) is 77.5 cm³/mol. The van der Waals surface area contributed by atoms with Crippen molar-refractivity contribution in [3.8, 4) is 17.6 Å². The number of hydrogen-bond donors (Lipinski definition) is 1. The van der Waals surface area contributed by atoms with Gasteiger partial charge in [0.1, 0.15) is 11.3 Å². The first kappa shape index (κ1) is 16.7. The van der Waals surface area contributed by atoms with Crippen molar-refractivity contribution in [1.29, 1.82) is 5.26 Å². The third-order valence-electron chi connectivity index (χ3n) is 3.04. The number of nitrogens with one attached hydrogen (secondary N) is 1. The monoisotopic (exact) mass is 293 g/mol. The third-order valence-corrected chi connectivity index (χ3v) is 3.04. The molecular formula is C14H19N3O4. The predicted octanol–water partition coefficient (Wildman–Crippen LogP) is 2.26. The normalized spacial score (nSPS) is 13.0. The summed E-state index contributed by atoms with van der Waals surface area (Å²) in [5.74, 6) is 0.612. The number of rotatable bonds is 8. The van der Waals surface area contributed by atoms with E-state index >= 15 is 0 Å². The number of ether oxygens (including phenoxy) is 2. The van der Waals surface area contributed by atoms with Crippen LogP contribution in [0.15, 0.2) is 18.2 Å². The lowest BCUT2D eigenvalue weighted by atomic mass is 10.0. The highest BCUT2D eigenvalue weighted by molar-refractivity contribution is 5.50. The number of benzene rings is 1. The van der Waals surface area contributed by atoms with Crippen LogP contribution in [0.3, 0.4) is 0 Å². The summed E-state index contributed by atoms with van der Waals surface area (Å²) >= 11 is 0. The van der Waals surface area contributed by atoms with Crippen molar-refractivity contribution in [2.45, 2.75) is 25.8 Å². The van der Waals surface area contributed by atoms with Gasteiger partial charge in [-0.1, -0.05) is 6.92 Å². The zero-order chi connectivity index (χ0) is 15.9. The van der Waals surface area contributed by atoms with Gasteiger partial charge in [0.2, 0.25) is 5.75 Å². The van der Waals surface area contributed by atoms with Crippen molar-refractivity contribution >= 4 is 5.69 Å². The van der Waals surface area contributed by atoms with Crippen LogP contribution in [0.2, 0.25) is 0 Å². The summed E-state index contributed by atoms with van der Waals surface area (Å²) in [6.45, 7) is 4.51. The Morgan fingerprint density at radius 2 is 2.24 bits per heavy atom. The third kappa shape index (κ3) is 4.61. The van der Waals surface area contributed by atoms with E-state index in [0.29, 0.717) is 18.7 Å². The summed E-state index contributed by atoms with van der Waals surface area (Å²) in [6.07, 6.45) is 0.408. The molecule has 0 radical (unpaired) electrons. The Kier molecular flexibility index (Phi) is 5.93. The number of hydrogen-bond acceptors (Lipinski definition) is 6. The molecule has 0 fully saturated rings. The van der Waals surface area contributed by atoms with Crippen LogP contribution >= 0.6 is 0 Å². The van der Waals surface area contributed by atoms with Gasteiger partial charge in [0, 0.05) is 18.6 Å². The molecule has 0 aliphatic rings. The molecule has 0 heterocycles. The molecule has 0 aromatic heterocycles. The molecule has 0 spiro atoms. The average Bonchev–Trinajstić information content (AvgIpc) is 2.47. The molecule has 0 aliphatic carbocycles. The van der Waals surface area contributed by atoms with Gasteiger partial charge in [0.25, 0.3) is 0 Å². The second-order valence-corrected chi connectivity index (χ2v) is 4.66. The summed E-state index contributed by atoms with van der Waals surface area (Å²) in [7, 11) is 1.48. The van der Waals surface area contributed by atoms with Gasteiger partial charge in [-0.15, -0.1) is 0 Å². The first-order valence-electron chi connectivity index (χ1n) is 6.57. The Morgan fingerprint density at radius 1 is 1.52 bits per heavy atom. The van der Waals surface area contributed by atoms with Crippen LogP contribution in [-0.2, 0) is 0 Å². The first-order valence-corrected chi connectivity index (χ1v) is 6.57. The van der Waals surface area contributed by atoms with E-state index in [4.69, 9.17) is 14.7 Å². The molecule has 21 heavy (non-hydrogen) atoms. The van der Waals surface area contributed by atoms with E-state index in [1.807, 2.05) is 6.92 Å². The van der Waals surface area contributed by atoms with Crippen molar-refractivity contribution in [3.05, 3.63) is 28.3 Å². The molecule has 1 atom stereocenters. The summed E-state index contributed by atoms with van der Waals surface area (Å²) in [5.41, 5.74) is -0.847. The van der Waals surface area contributed by atoms with Crippen molar-refractivity contribution in [1.82, 2.24) is 5.32 Å². The van der Waals surface area contributed by atoms with Gasteiger partial charge in [-0.05, 0) is 19.5 Å². The Labute approximate surface area is 123 Å². The molecule has 1 unspecified atom stereocenters. The Hall–Kier alpha value is -2.33. The molecule has 7 heteroatoms. The summed E-state index contributed by atoms with van der Waals surface area (Å²) < 4.78 is 10.5. The molecule has 1 aromatic carbocycles. The van der Waals surface area contributed by atoms with Gasteiger partial charge < -0.3 is 9.47 Å². The van der Waals surface area contributed by atoms with Crippen LogP contribution in [0.25, 0.3) is 0 Å². The van der Waals surface area contributed by atoms with Crippen LogP contribution in [0.1, 0.15) is 20.3 Å². The molecule has 0 aliphatic heterocycles. The van der Waals surface area contributed by atoms with Crippen LogP contribution in [0.4, 0.5) is 5.69 Å². The van der Waals surface area contributed by atoms with Gasteiger partial charge >= 0.3 is 5.69 Å². The van der Waals surface area contributed by atoms with Crippen molar-refractivity contribution in [2.24, 2.45) is 0 Å². The number of nitriles is 1. The molecule has 0 saturated carbocycles. The van der Waals surface area contributed by atoms with Gasteiger partial charge in [-0.25, -0.2) is 0 Å². The minimum Gasteiger partial charge on any atom is -0.497 e. The molecule has 7 nitrogen and oxygen atoms in total. The van der Waals surface area contributed by atoms with E-state index in [-0.39, 0.29) is 18.0 Å². The standard InChI is InChI=1S/C14H19N3O4/c1-4-16-14(2,10-15)7-8-21-13-9-11(20-3)5-6-12(13)17(18)19/h5-6,9,16H,4,7-8H2,1-3H3. The first-order chi connectivity index (χ1) is 9.95. The number of nitro benzene ring substituents is 1. The average molecular weight is 293 g/mol. The fourth-order valence-electron chi connectivity index (χ4n) is 1.83. The van der Waals surface area contributed by atoms with Crippen LogP contribution in [0, 0.1) is 21.4 Å². The van der Waals surface area contributed by atoms with E-state index in [1.165, 1.54) is 25.3 Å². The van der Waals surface area contributed by atoms with Gasteiger partial charge in [0.05, 0.1) is 24.7 Å². The Bertz CT molecular complexity index is 542. The Morgan fingerprint density at radius 3 is 2.76 bits per heavy atom. The Balaban J connectivity index is 2.79. The van der Waals surface area contributed by atoms with E-state index in [1.54, 1.807) is 6.92 Å². The lowest BCUT2D eigenvalue weighted by Crippen LogP contribution is -2.42. The van der Waals surface area contributed by atoms with Gasteiger partial charge in [-0.2, -0.15) is 5.26 Å². The van der Waals surface area contributed by atoms with E-state index in [2.05, 4.69) is 11.4 Å². The molecular weight excluding hydrogens is 274 g/mol. The summed E-state index contributed by atoms with van der Waals surface area (Å²) in [4.78, 5) is 10.4. The minimum atomic E-state index is -0.720. The van der Waals surface area contributed by atoms with E-state index in [0.717, 1.165) is 0 Å². The maximum atomic E-state index is 11.0. The van der Waals surface area contributed by atoms with Gasteiger partial charge in [0.15, 0.2) is 0 Å². The molecule has 1 aromatic rings. The minimum absolute atomic E-state index is 0.127. The molecule has 1 N–H and O–H groups in total. The van der Waals surface area contributed by atoms with Crippen LogP contribution in [0.5, 0.6) is 11.5 Å². The zero-order valence-corrected chi connectivity index (χ0v) is 12.4. The van der Waals surface area contributed by atoms with Crippen LogP contribution < -0.4 is 14.8 Å². The molecule has 0 amide bonds. The lowest BCUT2D eigenvalue weighted by molar-refractivity contribution is -0.385. The van der Waals surface area contributed by atoms with E-state index in [9.17, 15) is 10.1 Å². The second-order valence-electron chi connectivity index (χ2n) is 4.66. The highest BCUT2D eigenvalue weighted by atomic mass is 16.6. The fourth-order valence-corrected chi connectivity index (χ4v) is 1.83. The maximum absolute atomic E-state index is 11.0. The number of nitro groups is 1. The summed E-state index contributed by atoms with van der Waals surface area (Å²) in [6, 6.07) is 6.48. The van der Waals surface area contributed by atoms with E-state index < -0.39 is 10.5 Å². The topological polar surface area (TPSA) is 97.4 Å². The maximum Gasteiger partial charge on any atom is 0.311 e. The highest BCUT2D eigenvalue weighted by Gasteiger charge is 2.23. The summed E-state index contributed by atoms with van der Waals surface area (Å²) in [5, 5.41) is 23.2. The van der Waals surface area contributed by atoms with Crippen molar-refractivity contribution in [2.75, 3.05) is 20.3 Å². The highest BCUT2D eigenvalue weighted by Crippen LogP contribution is 2.31. The van der Waals surface area contributed by atoms with Crippen molar-refractivity contribution in [3.63, 3.8) is 0 Å². The largest absolute Gasteiger partial charge is 0.497 e. The molecule has 1 rings (SSSR count). The lowest BCUT2D eigenvalue weighted by Gasteiger charge is -2.22. The van der Waals surface area contributed by atoms with Crippen LogP contribution in [-0.4, -0.2) is 30.7 Å². The number of methoxy groups -OCH3 is 1. The quantitative estimate of drug-likeness (QED) is 0.583.